The monoisotopic (exact) mass is 367 g/mol. The minimum absolute atomic E-state index is 0.478. The fraction of sp³-hybridized carbons (Fsp3) is 0.450. The largest absolute Gasteiger partial charge is 0.370 e. The molecular formula is C20H29N7. The summed E-state index contributed by atoms with van der Waals surface area (Å²) in [6, 6.07) is 8.14. The average molecular weight is 368 g/mol. The molecule has 27 heavy (non-hydrogen) atoms. The van der Waals surface area contributed by atoms with E-state index in [4.69, 9.17) is 5.73 Å². The zero-order chi connectivity index (χ0) is 19.1. The summed E-state index contributed by atoms with van der Waals surface area (Å²) in [7, 11) is 0. The number of anilines is 2. The molecule has 0 radical (unpaired) electrons. The number of aliphatic imine (C=N–C) groups is 1. The highest BCUT2D eigenvalue weighted by atomic mass is 15.3. The Labute approximate surface area is 161 Å². The molecule has 1 fully saturated rings. The Bertz CT molecular complexity index is 732. The summed E-state index contributed by atoms with van der Waals surface area (Å²) in [6.07, 6.45) is 4.59. The molecule has 1 aromatic heterocycles. The van der Waals surface area contributed by atoms with Gasteiger partial charge in [-0.25, -0.2) is 9.97 Å². The third-order valence-corrected chi connectivity index (χ3v) is 4.62. The van der Waals surface area contributed by atoms with Gasteiger partial charge in [0, 0.05) is 57.3 Å². The van der Waals surface area contributed by atoms with E-state index in [-0.39, 0.29) is 0 Å². The van der Waals surface area contributed by atoms with Crippen LogP contribution in [0.5, 0.6) is 0 Å². The third-order valence-electron chi connectivity index (χ3n) is 4.62. The SMILES string of the molecule is Cc1cc(C)cc(NC(N)=NCCCN2CCN(c3ncccn3)CC2)c1. The van der Waals surface area contributed by atoms with Gasteiger partial charge < -0.3 is 16.0 Å². The molecular weight excluding hydrogens is 338 g/mol. The lowest BCUT2D eigenvalue weighted by atomic mass is 10.1. The van der Waals surface area contributed by atoms with Gasteiger partial charge in [-0.15, -0.1) is 0 Å². The van der Waals surface area contributed by atoms with Crippen LogP contribution in [0.15, 0.2) is 41.7 Å². The number of guanidine groups is 1. The number of benzene rings is 1. The maximum absolute atomic E-state index is 6.01. The van der Waals surface area contributed by atoms with Gasteiger partial charge in [-0.1, -0.05) is 6.07 Å². The van der Waals surface area contributed by atoms with Crippen LogP contribution in [0.4, 0.5) is 11.6 Å². The van der Waals surface area contributed by atoms with Crippen molar-refractivity contribution < 1.29 is 0 Å². The van der Waals surface area contributed by atoms with E-state index < -0.39 is 0 Å². The zero-order valence-corrected chi connectivity index (χ0v) is 16.2. The van der Waals surface area contributed by atoms with Crippen LogP contribution >= 0.6 is 0 Å². The molecule has 0 aliphatic carbocycles. The van der Waals surface area contributed by atoms with E-state index in [1.807, 2.05) is 6.07 Å². The number of nitrogens with two attached hydrogens (primary N) is 1. The van der Waals surface area contributed by atoms with Crippen molar-refractivity contribution >= 4 is 17.6 Å². The number of aryl methyl sites for hydroxylation is 2. The van der Waals surface area contributed by atoms with E-state index in [1.54, 1.807) is 12.4 Å². The number of nitrogens with zero attached hydrogens (tertiary/aromatic N) is 5. The van der Waals surface area contributed by atoms with Crippen molar-refractivity contribution in [2.45, 2.75) is 20.3 Å². The number of piperazine rings is 1. The molecule has 2 heterocycles. The Hall–Kier alpha value is -2.67. The average Bonchev–Trinajstić information content (AvgIpc) is 2.66. The Morgan fingerprint density at radius 1 is 1.07 bits per heavy atom. The van der Waals surface area contributed by atoms with Gasteiger partial charge in [0.25, 0.3) is 0 Å². The summed E-state index contributed by atoms with van der Waals surface area (Å²) >= 11 is 0. The second kappa shape index (κ2) is 9.32. The molecule has 144 valence electrons. The molecule has 3 rings (SSSR count). The molecule has 7 nitrogen and oxygen atoms in total. The summed E-state index contributed by atoms with van der Waals surface area (Å²) in [5.74, 6) is 1.30. The summed E-state index contributed by atoms with van der Waals surface area (Å²) in [6.45, 7) is 9.89. The van der Waals surface area contributed by atoms with Crippen LogP contribution in [0.3, 0.4) is 0 Å². The van der Waals surface area contributed by atoms with Crippen molar-refractivity contribution in [1.82, 2.24) is 14.9 Å². The van der Waals surface area contributed by atoms with Crippen LogP contribution in [-0.4, -0.2) is 60.1 Å². The van der Waals surface area contributed by atoms with Crippen LogP contribution in [0.25, 0.3) is 0 Å². The van der Waals surface area contributed by atoms with E-state index in [0.29, 0.717) is 5.96 Å². The Morgan fingerprint density at radius 2 is 1.74 bits per heavy atom. The molecule has 0 bridgehead atoms. The highest BCUT2D eigenvalue weighted by molar-refractivity contribution is 5.92. The highest BCUT2D eigenvalue weighted by Crippen LogP contribution is 2.13. The molecule has 0 atom stereocenters. The number of hydrogen-bond donors (Lipinski definition) is 2. The molecule has 0 spiro atoms. The first-order chi connectivity index (χ1) is 13.1. The van der Waals surface area contributed by atoms with E-state index >= 15 is 0 Å². The third kappa shape index (κ3) is 5.92. The van der Waals surface area contributed by atoms with Crippen molar-refractivity contribution in [3.05, 3.63) is 47.8 Å². The lowest BCUT2D eigenvalue weighted by molar-refractivity contribution is 0.255. The molecule has 1 aliphatic heterocycles. The molecule has 0 unspecified atom stereocenters. The van der Waals surface area contributed by atoms with Gasteiger partial charge in [-0.3, -0.25) is 9.89 Å². The molecule has 1 aliphatic rings. The van der Waals surface area contributed by atoms with Crippen LogP contribution in [0.1, 0.15) is 17.5 Å². The summed E-state index contributed by atoms with van der Waals surface area (Å²) in [5, 5.41) is 3.18. The van der Waals surface area contributed by atoms with Gasteiger partial charge in [-0.2, -0.15) is 0 Å². The van der Waals surface area contributed by atoms with Gasteiger partial charge in [0.1, 0.15) is 0 Å². The number of hydrogen-bond acceptors (Lipinski definition) is 5. The fourth-order valence-corrected chi connectivity index (χ4v) is 3.35. The maximum Gasteiger partial charge on any atom is 0.225 e. The first kappa shape index (κ1) is 19.1. The Balaban J connectivity index is 1.37. The zero-order valence-electron chi connectivity index (χ0n) is 16.2. The summed E-state index contributed by atoms with van der Waals surface area (Å²) in [4.78, 5) is 17.8. The number of rotatable bonds is 6. The molecule has 1 saturated heterocycles. The van der Waals surface area contributed by atoms with E-state index in [9.17, 15) is 0 Å². The summed E-state index contributed by atoms with van der Waals surface area (Å²) in [5.41, 5.74) is 9.43. The Morgan fingerprint density at radius 3 is 2.41 bits per heavy atom. The first-order valence-corrected chi connectivity index (χ1v) is 9.50. The standard InChI is InChI=1S/C20H29N7/c1-16-13-17(2)15-18(14-16)25-19(21)22-7-4-8-26-9-11-27(12-10-26)20-23-5-3-6-24-20/h3,5-6,13-15H,4,7-12H2,1-2H3,(H3,21,22,25). The van der Waals surface area contributed by atoms with Crippen molar-refractivity contribution in [2.75, 3.05) is 49.5 Å². The minimum atomic E-state index is 0.478. The van der Waals surface area contributed by atoms with Gasteiger partial charge in [-0.05, 0) is 49.6 Å². The lowest BCUT2D eigenvalue weighted by Crippen LogP contribution is -2.47. The van der Waals surface area contributed by atoms with Gasteiger partial charge in [0.2, 0.25) is 5.95 Å². The second-order valence-electron chi connectivity index (χ2n) is 7.00. The maximum atomic E-state index is 6.01. The molecule has 3 N–H and O–H groups in total. The molecule has 1 aromatic carbocycles. The topological polar surface area (TPSA) is 82.7 Å². The van der Waals surface area contributed by atoms with Crippen molar-refractivity contribution in [2.24, 2.45) is 10.7 Å². The normalized spacial score (nSPS) is 15.8. The predicted octanol–water partition coefficient (Wildman–Crippen LogP) is 2.03. The fourth-order valence-electron chi connectivity index (χ4n) is 3.35. The van der Waals surface area contributed by atoms with Crippen molar-refractivity contribution in [3.8, 4) is 0 Å². The molecule has 0 amide bonds. The minimum Gasteiger partial charge on any atom is -0.370 e. The second-order valence-corrected chi connectivity index (χ2v) is 7.00. The number of nitrogens with one attached hydrogen (secondary N) is 1. The Kier molecular flexibility index (Phi) is 6.59. The van der Waals surface area contributed by atoms with Crippen molar-refractivity contribution in [1.29, 1.82) is 0 Å². The number of aromatic nitrogens is 2. The highest BCUT2D eigenvalue weighted by Gasteiger charge is 2.17. The molecule has 0 saturated carbocycles. The van der Waals surface area contributed by atoms with Gasteiger partial charge in [0.05, 0.1) is 0 Å². The predicted molar refractivity (Wildman–Crippen MR) is 111 cm³/mol. The van der Waals surface area contributed by atoms with E-state index in [2.05, 4.69) is 62.1 Å². The van der Waals surface area contributed by atoms with E-state index in [1.165, 1.54) is 11.1 Å². The van der Waals surface area contributed by atoms with Gasteiger partial charge in [0.15, 0.2) is 5.96 Å². The summed E-state index contributed by atoms with van der Waals surface area (Å²) < 4.78 is 0. The first-order valence-electron chi connectivity index (χ1n) is 9.50. The smallest absolute Gasteiger partial charge is 0.225 e. The van der Waals surface area contributed by atoms with Crippen molar-refractivity contribution in [3.63, 3.8) is 0 Å². The van der Waals surface area contributed by atoms with Gasteiger partial charge >= 0.3 is 0 Å². The molecule has 2 aromatic rings. The van der Waals surface area contributed by atoms with Crippen LogP contribution in [0, 0.1) is 13.8 Å². The van der Waals surface area contributed by atoms with Crippen LogP contribution in [-0.2, 0) is 0 Å². The molecule has 7 heteroatoms. The lowest BCUT2D eigenvalue weighted by Gasteiger charge is -2.34. The quantitative estimate of drug-likeness (QED) is 0.462. The van der Waals surface area contributed by atoms with Crippen LogP contribution < -0.4 is 16.0 Å². The van der Waals surface area contributed by atoms with Crippen LogP contribution in [0.2, 0.25) is 0 Å². The van der Waals surface area contributed by atoms with E-state index in [0.717, 1.165) is 57.3 Å².